The van der Waals surface area contributed by atoms with Crippen molar-refractivity contribution < 1.29 is 19.0 Å². The van der Waals surface area contributed by atoms with Gasteiger partial charge >= 0.3 is 5.97 Å². The first-order chi connectivity index (χ1) is 10.7. The minimum Gasteiger partial charge on any atom is -0.497 e. The lowest BCUT2D eigenvalue weighted by molar-refractivity contribution is 0.0522. The molecule has 2 aromatic rings. The van der Waals surface area contributed by atoms with Crippen molar-refractivity contribution in [2.45, 2.75) is 16.7 Å². The lowest BCUT2D eigenvalue weighted by atomic mass is 10.2. The van der Waals surface area contributed by atoms with Gasteiger partial charge in [0.05, 0.1) is 31.3 Å². The molecule has 5 heteroatoms. The van der Waals surface area contributed by atoms with Crippen LogP contribution in [0, 0.1) is 0 Å². The highest BCUT2D eigenvalue weighted by molar-refractivity contribution is 7.99. The van der Waals surface area contributed by atoms with Crippen LogP contribution in [0.3, 0.4) is 0 Å². The Balaban J connectivity index is 2.33. The smallest absolute Gasteiger partial charge is 0.339 e. The molecule has 0 saturated carbocycles. The molecule has 0 radical (unpaired) electrons. The van der Waals surface area contributed by atoms with E-state index in [2.05, 4.69) is 0 Å². The summed E-state index contributed by atoms with van der Waals surface area (Å²) in [5, 5.41) is 0. The maximum atomic E-state index is 12.0. The first kappa shape index (κ1) is 16.2. The Hall–Kier alpha value is -2.14. The Morgan fingerprint density at radius 2 is 1.82 bits per heavy atom. The molecule has 0 N–H and O–H groups in total. The second-order valence-electron chi connectivity index (χ2n) is 4.34. The number of hydrogen-bond donors (Lipinski definition) is 0. The van der Waals surface area contributed by atoms with E-state index in [4.69, 9.17) is 14.2 Å². The molecule has 0 bridgehead atoms. The van der Waals surface area contributed by atoms with Gasteiger partial charge in [-0.1, -0.05) is 23.9 Å². The second-order valence-corrected chi connectivity index (χ2v) is 5.42. The van der Waals surface area contributed by atoms with Crippen LogP contribution in [0.5, 0.6) is 11.5 Å². The van der Waals surface area contributed by atoms with E-state index in [-0.39, 0.29) is 5.97 Å². The molecule has 0 atom stereocenters. The van der Waals surface area contributed by atoms with Crippen LogP contribution in [0.25, 0.3) is 0 Å². The number of esters is 1. The van der Waals surface area contributed by atoms with Crippen LogP contribution in [0.15, 0.2) is 52.3 Å². The fourth-order valence-corrected chi connectivity index (χ4v) is 2.93. The van der Waals surface area contributed by atoms with E-state index < -0.39 is 0 Å². The Morgan fingerprint density at radius 3 is 2.50 bits per heavy atom. The van der Waals surface area contributed by atoms with Gasteiger partial charge in [0.1, 0.15) is 11.5 Å². The van der Waals surface area contributed by atoms with Gasteiger partial charge in [-0.25, -0.2) is 4.79 Å². The Labute approximate surface area is 134 Å². The largest absolute Gasteiger partial charge is 0.497 e. The molecular weight excluding hydrogens is 300 g/mol. The fraction of sp³-hybridized carbons (Fsp3) is 0.235. The number of carbonyl (C=O) groups is 1. The molecule has 116 valence electrons. The van der Waals surface area contributed by atoms with E-state index in [0.717, 1.165) is 15.5 Å². The van der Waals surface area contributed by atoms with Crippen molar-refractivity contribution >= 4 is 17.7 Å². The maximum Gasteiger partial charge on any atom is 0.339 e. The van der Waals surface area contributed by atoms with E-state index in [1.165, 1.54) is 11.8 Å². The predicted octanol–water partition coefficient (Wildman–Crippen LogP) is 4.03. The summed E-state index contributed by atoms with van der Waals surface area (Å²) in [6, 6.07) is 12.9. The van der Waals surface area contributed by atoms with Gasteiger partial charge in [-0.05, 0) is 31.2 Å². The predicted molar refractivity (Wildman–Crippen MR) is 86.1 cm³/mol. The summed E-state index contributed by atoms with van der Waals surface area (Å²) < 4.78 is 15.7. The lowest BCUT2D eigenvalue weighted by Gasteiger charge is -2.12. The van der Waals surface area contributed by atoms with Gasteiger partial charge in [0.15, 0.2) is 0 Å². The van der Waals surface area contributed by atoms with E-state index in [0.29, 0.717) is 17.9 Å². The van der Waals surface area contributed by atoms with E-state index in [9.17, 15) is 4.79 Å². The molecule has 2 aromatic carbocycles. The molecule has 0 unspecified atom stereocenters. The van der Waals surface area contributed by atoms with Crippen molar-refractivity contribution in [1.82, 2.24) is 0 Å². The van der Waals surface area contributed by atoms with Crippen molar-refractivity contribution in [1.29, 1.82) is 0 Å². The number of hydrogen-bond acceptors (Lipinski definition) is 5. The van der Waals surface area contributed by atoms with Crippen molar-refractivity contribution in [3.05, 3.63) is 48.0 Å². The van der Waals surface area contributed by atoms with Crippen LogP contribution in [-0.4, -0.2) is 26.8 Å². The first-order valence-corrected chi connectivity index (χ1v) is 7.67. The molecule has 22 heavy (non-hydrogen) atoms. The van der Waals surface area contributed by atoms with Crippen molar-refractivity contribution in [2.24, 2.45) is 0 Å². The molecule has 0 aromatic heterocycles. The highest BCUT2D eigenvalue weighted by Crippen LogP contribution is 2.38. The summed E-state index contributed by atoms with van der Waals surface area (Å²) in [7, 11) is 3.22. The molecule has 0 amide bonds. The zero-order valence-electron chi connectivity index (χ0n) is 12.8. The molecular formula is C17H18O4S. The summed E-state index contributed by atoms with van der Waals surface area (Å²) in [5.41, 5.74) is 0.548. The average Bonchev–Trinajstić information content (AvgIpc) is 2.56. The number of benzene rings is 2. The summed E-state index contributed by atoms with van der Waals surface area (Å²) in [6.45, 7) is 2.14. The summed E-state index contributed by atoms with van der Waals surface area (Å²) >= 11 is 1.46. The highest BCUT2D eigenvalue weighted by atomic mass is 32.2. The van der Waals surface area contributed by atoms with E-state index in [1.807, 2.05) is 36.4 Å². The van der Waals surface area contributed by atoms with Crippen LogP contribution in [-0.2, 0) is 4.74 Å². The van der Waals surface area contributed by atoms with Crippen LogP contribution < -0.4 is 9.47 Å². The molecule has 0 saturated heterocycles. The van der Waals surface area contributed by atoms with E-state index in [1.54, 1.807) is 27.2 Å². The molecule has 0 heterocycles. The number of rotatable bonds is 6. The quantitative estimate of drug-likeness (QED) is 0.752. The minimum atomic E-state index is -0.321. The molecule has 0 spiro atoms. The second kappa shape index (κ2) is 7.75. The number of ether oxygens (including phenoxy) is 3. The molecule has 4 nitrogen and oxygen atoms in total. The molecule has 0 aliphatic heterocycles. The topological polar surface area (TPSA) is 44.8 Å². The van der Waals surface area contributed by atoms with Gasteiger partial charge < -0.3 is 14.2 Å². The third-order valence-corrected chi connectivity index (χ3v) is 4.11. The van der Waals surface area contributed by atoms with Crippen LogP contribution in [0.4, 0.5) is 0 Å². The van der Waals surface area contributed by atoms with Crippen LogP contribution in [0.1, 0.15) is 17.3 Å². The number of methoxy groups -OCH3 is 2. The molecule has 0 aliphatic carbocycles. The van der Waals surface area contributed by atoms with Crippen molar-refractivity contribution in [3.8, 4) is 11.5 Å². The first-order valence-electron chi connectivity index (χ1n) is 6.85. The van der Waals surface area contributed by atoms with Gasteiger partial charge in [-0.15, -0.1) is 0 Å². The average molecular weight is 318 g/mol. The molecule has 0 fully saturated rings. The fourth-order valence-electron chi connectivity index (χ4n) is 1.91. The van der Waals surface area contributed by atoms with Gasteiger partial charge in [0.2, 0.25) is 0 Å². The maximum absolute atomic E-state index is 12.0. The van der Waals surface area contributed by atoms with Gasteiger partial charge in [-0.2, -0.15) is 0 Å². The SMILES string of the molecule is CCOC(=O)c1ccccc1Sc1ccc(OC)cc1OC. The normalized spacial score (nSPS) is 10.1. The Morgan fingerprint density at radius 1 is 1.05 bits per heavy atom. The minimum absolute atomic E-state index is 0.321. The van der Waals surface area contributed by atoms with E-state index >= 15 is 0 Å². The zero-order valence-corrected chi connectivity index (χ0v) is 13.6. The standard InChI is InChI=1S/C17H18O4S/c1-4-21-17(18)13-7-5-6-8-15(13)22-16-10-9-12(19-2)11-14(16)20-3/h5-11H,4H2,1-3H3. The zero-order chi connectivity index (χ0) is 15.9. The van der Waals surface area contributed by atoms with Gasteiger partial charge in [-0.3, -0.25) is 0 Å². The lowest BCUT2D eigenvalue weighted by Crippen LogP contribution is -2.05. The Kier molecular flexibility index (Phi) is 5.72. The Bertz CT molecular complexity index is 655. The third kappa shape index (κ3) is 3.74. The highest BCUT2D eigenvalue weighted by Gasteiger charge is 2.15. The third-order valence-electron chi connectivity index (χ3n) is 2.97. The van der Waals surface area contributed by atoms with Gasteiger partial charge in [0, 0.05) is 11.0 Å². The molecule has 2 rings (SSSR count). The summed E-state index contributed by atoms with van der Waals surface area (Å²) in [4.78, 5) is 13.8. The molecule has 0 aliphatic rings. The summed E-state index contributed by atoms with van der Waals surface area (Å²) in [5.74, 6) is 1.10. The van der Waals surface area contributed by atoms with Crippen molar-refractivity contribution in [2.75, 3.05) is 20.8 Å². The van der Waals surface area contributed by atoms with Crippen LogP contribution in [0.2, 0.25) is 0 Å². The monoisotopic (exact) mass is 318 g/mol. The van der Waals surface area contributed by atoms with Crippen molar-refractivity contribution in [3.63, 3.8) is 0 Å². The van der Waals surface area contributed by atoms with Gasteiger partial charge in [0.25, 0.3) is 0 Å². The number of carbonyl (C=O) groups excluding carboxylic acids is 1. The summed E-state index contributed by atoms with van der Waals surface area (Å²) in [6.07, 6.45) is 0. The van der Waals surface area contributed by atoms with Crippen LogP contribution >= 0.6 is 11.8 Å².